The minimum absolute atomic E-state index is 0. The van der Waals surface area contributed by atoms with E-state index in [2.05, 4.69) is 3.07 Å². The monoisotopic (exact) mass is 198 g/mol. The first-order valence-electron chi connectivity index (χ1n) is 1.15. The van der Waals surface area contributed by atoms with Gasteiger partial charge in [0, 0.05) is 0 Å². The van der Waals surface area contributed by atoms with Crippen LogP contribution in [-0.4, -0.2) is 29.7 Å². The Balaban J connectivity index is 0. The normalized spacial score (nSPS) is 6.00. The highest BCUT2D eigenvalue weighted by atomic mass is 127. The van der Waals surface area contributed by atoms with Crippen LogP contribution in [0.2, 0.25) is 0 Å². The van der Waals surface area contributed by atoms with E-state index in [0.717, 1.165) is 6.61 Å². The highest BCUT2D eigenvalue weighted by Crippen LogP contribution is 1.78. The molecular formula is C2H7IMgO. The highest BCUT2D eigenvalue weighted by Gasteiger charge is 1.55. The molecule has 0 aliphatic rings. The van der Waals surface area contributed by atoms with E-state index in [4.69, 9.17) is 0 Å². The Hall–Kier alpha value is 1.46. The van der Waals surface area contributed by atoms with Crippen molar-refractivity contribution in [2.45, 2.75) is 6.92 Å². The van der Waals surface area contributed by atoms with Crippen molar-refractivity contribution in [3.05, 3.63) is 0 Å². The first-order valence-corrected chi connectivity index (χ1v) is 2.03. The first kappa shape index (κ1) is 9.68. The van der Waals surface area contributed by atoms with Gasteiger partial charge >= 0.3 is 23.1 Å². The zero-order chi connectivity index (χ0) is 3.41. The molecule has 0 aromatic carbocycles. The van der Waals surface area contributed by atoms with Gasteiger partial charge in [0.05, 0.1) is 6.61 Å². The molecule has 3 heteroatoms. The maximum absolute atomic E-state index is 4.51. The van der Waals surface area contributed by atoms with E-state index in [-0.39, 0.29) is 23.1 Å². The SMILES string of the molecule is CCOI.[MgH2]. The molecule has 0 N–H and O–H groups in total. The number of hydrogen-bond donors (Lipinski definition) is 0. The van der Waals surface area contributed by atoms with Crippen molar-refractivity contribution in [1.29, 1.82) is 0 Å². The lowest BCUT2D eigenvalue weighted by Crippen LogP contribution is -1.63. The molecular weight excluding hydrogens is 191 g/mol. The van der Waals surface area contributed by atoms with Crippen LogP contribution in [0.3, 0.4) is 0 Å². The van der Waals surface area contributed by atoms with Crippen molar-refractivity contribution in [2.75, 3.05) is 6.61 Å². The predicted molar refractivity (Wildman–Crippen MR) is 34.2 cm³/mol. The third-order valence-electron chi connectivity index (χ3n) is 0.109. The van der Waals surface area contributed by atoms with Crippen LogP contribution < -0.4 is 0 Å². The Kier molecular flexibility index (Phi) is 17.6. The Bertz CT molecular complexity index is 11.6. The molecule has 0 fully saturated rings. The maximum Gasteiger partial charge on any atom is 0.316 e. The van der Waals surface area contributed by atoms with Gasteiger partial charge in [0.25, 0.3) is 0 Å². The van der Waals surface area contributed by atoms with Crippen molar-refractivity contribution < 1.29 is 3.07 Å². The van der Waals surface area contributed by atoms with E-state index in [1.54, 1.807) is 0 Å². The predicted octanol–water partition coefficient (Wildman–Crippen LogP) is 0.457. The quantitative estimate of drug-likeness (QED) is 0.439. The lowest BCUT2D eigenvalue weighted by Gasteiger charge is -1.71. The van der Waals surface area contributed by atoms with Crippen LogP contribution in [0, 0.1) is 0 Å². The fourth-order valence-corrected chi connectivity index (χ4v) is 0. The summed E-state index contributed by atoms with van der Waals surface area (Å²) in [5.74, 6) is 0. The molecule has 0 saturated carbocycles. The van der Waals surface area contributed by atoms with Crippen LogP contribution >= 0.6 is 23.0 Å². The van der Waals surface area contributed by atoms with Crippen LogP contribution in [0.5, 0.6) is 0 Å². The highest BCUT2D eigenvalue weighted by molar-refractivity contribution is 14.1. The van der Waals surface area contributed by atoms with Crippen LogP contribution in [0.25, 0.3) is 0 Å². The minimum atomic E-state index is 0. The molecule has 0 aromatic heterocycles. The zero-order valence-corrected chi connectivity index (χ0v) is 4.65. The molecule has 0 aromatic rings. The topological polar surface area (TPSA) is 9.23 Å². The fourth-order valence-electron chi connectivity index (χ4n) is 0. The van der Waals surface area contributed by atoms with Gasteiger partial charge in [-0.05, 0) is 6.92 Å². The summed E-state index contributed by atoms with van der Waals surface area (Å²) in [6.45, 7) is 2.76. The van der Waals surface area contributed by atoms with Gasteiger partial charge < -0.3 is 3.07 Å². The molecule has 0 spiro atoms. The zero-order valence-electron chi connectivity index (χ0n) is 2.49. The van der Waals surface area contributed by atoms with Crippen molar-refractivity contribution in [2.24, 2.45) is 0 Å². The molecule has 0 amide bonds. The summed E-state index contributed by atoms with van der Waals surface area (Å²) >= 11 is 1.85. The van der Waals surface area contributed by atoms with Gasteiger partial charge in [-0.3, -0.25) is 0 Å². The molecule has 1 nitrogen and oxygen atoms in total. The molecule has 0 heterocycles. The summed E-state index contributed by atoms with van der Waals surface area (Å²) in [7, 11) is 0. The van der Waals surface area contributed by atoms with Gasteiger partial charge in [-0.15, -0.1) is 0 Å². The van der Waals surface area contributed by atoms with E-state index in [0.29, 0.717) is 0 Å². The third-order valence-corrected chi connectivity index (χ3v) is 0.732. The average molecular weight is 198 g/mol. The molecule has 0 rings (SSSR count). The lowest BCUT2D eigenvalue weighted by molar-refractivity contribution is 0.458. The molecule has 0 aliphatic carbocycles. The first-order chi connectivity index (χ1) is 1.91. The van der Waals surface area contributed by atoms with Crippen LogP contribution in [0.1, 0.15) is 6.92 Å². The van der Waals surface area contributed by atoms with Gasteiger partial charge in [-0.1, -0.05) is 0 Å². The molecule has 0 bridgehead atoms. The molecule has 5 heavy (non-hydrogen) atoms. The lowest BCUT2D eigenvalue weighted by atomic mass is 10.9. The largest absolute Gasteiger partial charge is 0.316 e. The van der Waals surface area contributed by atoms with E-state index < -0.39 is 0 Å². The Morgan fingerprint density at radius 3 is 2.00 bits per heavy atom. The smallest absolute Gasteiger partial charge is 0.316 e. The van der Waals surface area contributed by atoms with E-state index in [1.807, 2.05) is 29.9 Å². The fraction of sp³-hybridized carbons (Fsp3) is 1.00. The second kappa shape index (κ2) is 9.07. The standard InChI is InChI=1S/C2H5IO.Mg.2H/c1-2-4-3;;;/h2H2,1H3;;;. The average Bonchev–Trinajstić information content (AvgIpc) is 1.37. The summed E-state index contributed by atoms with van der Waals surface area (Å²) in [6, 6.07) is 0. The molecule has 0 saturated heterocycles. The number of rotatable bonds is 1. The minimum Gasteiger partial charge on any atom is -0.316 e. The second-order valence-electron chi connectivity index (χ2n) is 0.398. The van der Waals surface area contributed by atoms with E-state index in [9.17, 15) is 0 Å². The third kappa shape index (κ3) is 10.8. The second-order valence-corrected chi connectivity index (χ2v) is 1.02. The Morgan fingerprint density at radius 1 is 1.80 bits per heavy atom. The van der Waals surface area contributed by atoms with Crippen molar-refractivity contribution in [1.82, 2.24) is 0 Å². The van der Waals surface area contributed by atoms with Crippen molar-refractivity contribution in [3.63, 3.8) is 0 Å². The molecule has 30 valence electrons. The van der Waals surface area contributed by atoms with Crippen LogP contribution in [0.4, 0.5) is 0 Å². The number of halogens is 1. The Morgan fingerprint density at radius 2 is 2.00 bits per heavy atom. The van der Waals surface area contributed by atoms with E-state index >= 15 is 0 Å². The molecule has 0 radical (unpaired) electrons. The Labute approximate surface area is 62.3 Å². The summed E-state index contributed by atoms with van der Waals surface area (Å²) in [6.07, 6.45) is 0. The molecule has 0 aliphatic heterocycles. The van der Waals surface area contributed by atoms with Crippen molar-refractivity contribution in [3.8, 4) is 0 Å². The summed E-state index contributed by atoms with van der Waals surface area (Å²) in [4.78, 5) is 0. The summed E-state index contributed by atoms with van der Waals surface area (Å²) < 4.78 is 4.51. The molecule has 0 unspecified atom stereocenters. The van der Waals surface area contributed by atoms with Crippen LogP contribution in [-0.2, 0) is 3.07 Å². The van der Waals surface area contributed by atoms with Gasteiger partial charge in [-0.25, -0.2) is 0 Å². The maximum atomic E-state index is 4.51. The van der Waals surface area contributed by atoms with Crippen LogP contribution in [0.15, 0.2) is 0 Å². The van der Waals surface area contributed by atoms with Gasteiger partial charge in [-0.2, -0.15) is 0 Å². The van der Waals surface area contributed by atoms with Crippen molar-refractivity contribution >= 4 is 46.1 Å². The summed E-state index contributed by atoms with van der Waals surface area (Å²) in [5, 5.41) is 0. The van der Waals surface area contributed by atoms with E-state index in [1.165, 1.54) is 0 Å². The number of hydrogen-bond acceptors (Lipinski definition) is 1. The summed E-state index contributed by atoms with van der Waals surface area (Å²) in [5.41, 5.74) is 0. The molecule has 0 atom stereocenters. The van der Waals surface area contributed by atoms with Gasteiger partial charge in [0.15, 0.2) is 0 Å². The van der Waals surface area contributed by atoms with Gasteiger partial charge in [0.2, 0.25) is 0 Å². The van der Waals surface area contributed by atoms with Gasteiger partial charge in [0.1, 0.15) is 23.0 Å².